The van der Waals surface area contributed by atoms with Crippen LogP contribution in [0.2, 0.25) is 0 Å². The summed E-state index contributed by atoms with van der Waals surface area (Å²) in [5, 5.41) is 0. The van der Waals surface area contributed by atoms with Crippen molar-refractivity contribution >= 4 is 15.8 Å². The van der Waals surface area contributed by atoms with Gasteiger partial charge in [-0.15, -0.1) is 0 Å². The number of allylic oxidation sites excluding steroid dienone is 1. The van der Waals surface area contributed by atoms with Gasteiger partial charge in [-0.25, -0.2) is 0 Å². The molecule has 0 spiro atoms. The monoisotopic (exact) mass is 228 g/mol. The summed E-state index contributed by atoms with van der Waals surface area (Å²) in [5.74, 6) is -0.223. The van der Waals surface area contributed by atoms with Crippen molar-refractivity contribution in [2.45, 2.75) is 12.8 Å². The Labute approximate surface area is 89.6 Å². The van der Waals surface area contributed by atoms with Crippen molar-refractivity contribution in [3.05, 3.63) is 37.2 Å². The largest absolute Gasteiger partial charge is 0.286 e. The molecule has 0 aliphatic heterocycles. The molecule has 0 saturated heterocycles. The fourth-order valence-corrected chi connectivity index (χ4v) is 1.71. The first-order chi connectivity index (χ1) is 6.99. The second-order valence-electron chi connectivity index (χ2n) is 3.24. The highest BCUT2D eigenvalue weighted by atomic mass is 32.2. The van der Waals surface area contributed by atoms with Gasteiger partial charge in [-0.05, 0) is 13.0 Å². The number of nitrogens with zero attached hydrogens (tertiary/aromatic N) is 1. The first kappa shape index (κ1) is 11.9. The van der Waals surface area contributed by atoms with Crippen molar-refractivity contribution in [3.8, 4) is 0 Å². The van der Waals surface area contributed by atoms with Crippen molar-refractivity contribution in [2.24, 2.45) is 0 Å². The van der Waals surface area contributed by atoms with Crippen LogP contribution in [0.5, 0.6) is 0 Å². The summed E-state index contributed by atoms with van der Waals surface area (Å²) in [5.41, 5.74) is 0.805. The zero-order valence-electron chi connectivity index (χ0n) is 8.33. The summed E-state index contributed by atoms with van der Waals surface area (Å²) < 4.78 is 31.3. The number of hydrogen-bond acceptors (Lipinski definition) is 2. The quantitative estimate of drug-likeness (QED) is 0.606. The van der Waals surface area contributed by atoms with E-state index >= 15 is 0 Å². The van der Waals surface area contributed by atoms with Gasteiger partial charge in [-0.1, -0.05) is 6.07 Å². The molecular weight excluding hydrogens is 214 g/mol. The van der Waals surface area contributed by atoms with Crippen molar-refractivity contribution in [1.82, 2.24) is 0 Å². The van der Waals surface area contributed by atoms with E-state index in [2.05, 4.69) is 6.58 Å². The van der Waals surface area contributed by atoms with Crippen LogP contribution in [0.1, 0.15) is 12.8 Å². The standard InChI is InChI=1S/C10H13NO3S/c1-10(6-5-9-15(12,13)14)11-7-3-2-4-8-11/h2-4,7-8H,1,5-6,9H2/p+1. The molecule has 1 N–H and O–H groups in total. The van der Waals surface area contributed by atoms with Gasteiger partial charge in [0.25, 0.3) is 10.1 Å². The summed E-state index contributed by atoms with van der Waals surface area (Å²) in [6.07, 6.45) is 4.60. The normalized spacial score (nSPS) is 11.3. The molecule has 4 nitrogen and oxygen atoms in total. The minimum Gasteiger partial charge on any atom is -0.286 e. The summed E-state index contributed by atoms with van der Waals surface area (Å²) in [4.78, 5) is 0. The zero-order chi connectivity index (χ0) is 11.3. The van der Waals surface area contributed by atoms with E-state index in [-0.39, 0.29) is 5.75 Å². The predicted octanol–water partition coefficient (Wildman–Crippen LogP) is 1.11. The number of aromatic nitrogens is 1. The maximum absolute atomic E-state index is 10.5. The third-order valence-corrected chi connectivity index (χ3v) is 2.75. The summed E-state index contributed by atoms with van der Waals surface area (Å²) in [6, 6.07) is 5.63. The summed E-state index contributed by atoms with van der Waals surface area (Å²) in [6.45, 7) is 3.83. The van der Waals surface area contributed by atoms with E-state index in [1.165, 1.54) is 0 Å². The van der Waals surface area contributed by atoms with E-state index < -0.39 is 10.1 Å². The van der Waals surface area contributed by atoms with Crippen LogP contribution < -0.4 is 4.57 Å². The van der Waals surface area contributed by atoms with Crippen LogP contribution in [-0.4, -0.2) is 18.7 Å². The highest BCUT2D eigenvalue weighted by Crippen LogP contribution is 2.02. The predicted molar refractivity (Wildman–Crippen MR) is 57.6 cm³/mol. The molecule has 5 heteroatoms. The molecule has 0 amide bonds. The Morgan fingerprint density at radius 2 is 1.87 bits per heavy atom. The van der Waals surface area contributed by atoms with Crippen molar-refractivity contribution in [3.63, 3.8) is 0 Å². The fourth-order valence-electron chi connectivity index (χ4n) is 1.20. The Morgan fingerprint density at radius 1 is 1.27 bits per heavy atom. The SMILES string of the molecule is C=C(CCCS(=O)(=O)O)[n+]1ccccc1. The topological polar surface area (TPSA) is 58.3 Å². The minimum atomic E-state index is -3.85. The van der Waals surface area contributed by atoms with E-state index in [4.69, 9.17) is 4.55 Å². The van der Waals surface area contributed by atoms with Gasteiger partial charge in [0, 0.05) is 18.6 Å². The van der Waals surface area contributed by atoms with Crippen LogP contribution in [0.25, 0.3) is 5.70 Å². The van der Waals surface area contributed by atoms with Crippen molar-refractivity contribution in [2.75, 3.05) is 5.75 Å². The lowest BCUT2D eigenvalue weighted by Crippen LogP contribution is -2.30. The van der Waals surface area contributed by atoms with Crippen LogP contribution >= 0.6 is 0 Å². The molecule has 0 aliphatic rings. The lowest BCUT2D eigenvalue weighted by atomic mass is 10.2. The van der Waals surface area contributed by atoms with Gasteiger partial charge >= 0.3 is 0 Å². The molecule has 0 saturated carbocycles. The smallest absolute Gasteiger partial charge is 0.264 e. The molecule has 1 rings (SSSR count). The molecule has 0 aromatic carbocycles. The molecule has 0 unspecified atom stereocenters. The Morgan fingerprint density at radius 3 is 2.40 bits per heavy atom. The van der Waals surface area contributed by atoms with Gasteiger partial charge < -0.3 is 0 Å². The number of rotatable bonds is 5. The molecule has 0 bridgehead atoms. The first-order valence-electron chi connectivity index (χ1n) is 4.59. The van der Waals surface area contributed by atoms with E-state index in [1.807, 2.05) is 35.2 Å². The maximum Gasteiger partial charge on any atom is 0.264 e. The van der Waals surface area contributed by atoms with E-state index in [1.54, 1.807) is 0 Å². The number of hydrogen-bond donors (Lipinski definition) is 1. The molecule has 82 valence electrons. The molecular formula is C10H14NO3S+. The molecule has 1 heterocycles. The average Bonchev–Trinajstić information content (AvgIpc) is 2.17. The molecule has 1 aromatic heterocycles. The Hall–Kier alpha value is -1.20. The van der Waals surface area contributed by atoms with Gasteiger partial charge in [0.05, 0.1) is 5.75 Å². The number of pyridine rings is 1. The third kappa shape index (κ3) is 4.71. The van der Waals surface area contributed by atoms with E-state index in [9.17, 15) is 8.42 Å². The third-order valence-electron chi connectivity index (χ3n) is 1.95. The molecule has 15 heavy (non-hydrogen) atoms. The fraction of sp³-hybridized carbons (Fsp3) is 0.300. The minimum absolute atomic E-state index is 0.223. The van der Waals surface area contributed by atoms with Crippen molar-refractivity contribution < 1.29 is 17.5 Å². The zero-order valence-corrected chi connectivity index (χ0v) is 9.15. The summed E-state index contributed by atoms with van der Waals surface area (Å²) >= 11 is 0. The lowest BCUT2D eigenvalue weighted by Gasteiger charge is -1.98. The molecule has 0 aliphatic carbocycles. The Bertz CT molecular complexity index is 425. The van der Waals surface area contributed by atoms with Crippen LogP contribution in [0.15, 0.2) is 37.2 Å². The highest BCUT2D eigenvalue weighted by molar-refractivity contribution is 7.85. The average molecular weight is 228 g/mol. The van der Waals surface area contributed by atoms with Crippen LogP contribution in [0.4, 0.5) is 0 Å². The van der Waals surface area contributed by atoms with Crippen molar-refractivity contribution in [1.29, 1.82) is 0 Å². The Balaban J connectivity index is 2.45. The molecule has 1 aromatic rings. The second-order valence-corrected chi connectivity index (χ2v) is 4.81. The summed E-state index contributed by atoms with van der Waals surface area (Å²) in [7, 11) is -3.85. The van der Waals surface area contributed by atoms with Crippen LogP contribution in [0.3, 0.4) is 0 Å². The van der Waals surface area contributed by atoms with Gasteiger partial charge in [-0.3, -0.25) is 4.55 Å². The lowest BCUT2D eigenvalue weighted by molar-refractivity contribution is -0.583. The van der Waals surface area contributed by atoms with E-state index in [0.29, 0.717) is 12.8 Å². The van der Waals surface area contributed by atoms with Gasteiger partial charge in [0.15, 0.2) is 18.1 Å². The molecule has 0 fully saturated rings. The van der Waals surface area contributed by atoms with E-state index in [0.717, 1.165) is 5.70 Å². The maximum atomic E-state index is 10.5. The Kier molecular flexibility index (Phi) is 3.99. The van der Waals surface area contributed by atoms with Gasteiger partial charge in [0.1, 0.15) is 0 Å². The van der Waals surface area contributed by atoms with Gasteiger partial charge in [0.2, 0.25) is 0 Å². The van der Waals surface area contributed by atoms with Gasteiger partial charge in [-0.2, -0.15) is 13.0 Å². The second kappa shape index (κ2) is 5.04. The first-order valence-corrected chi connectivity index (χ1v) is 6.19. The van der Waals surface area contributed by atoms with Crippen LogP contribution in [0, 0.1) is 0 Å². The highest BCUT2D eigenvalue weighted by Gasteiger charge is 2.09. The molecule has 0 radical (unpaired) electrons. The van der Waals surface area contributed by atoms with Crippen LogP contribution in [-0.2, 0) is 10.1 Å². The molecule has 0 atom stereocenters.